The third kappa shape index (κ3) is 5.48. The van der Waals surface area contributed by atoms with Crippen LogP contribution in [0.3, 0.4) is 0 Å². The molecule has 1 unspecified atom stereocenters. The second-order valence-electron chi connectivity index (χ2n) is 9.48. The fourth-order valence-electron chi connectivity index (χ4n) is 6.07. The predicted octanol–water partition coefficient (Wildman–Crippen LogP) is 3.41. The minimum absolute atomic E-state index is 0.0758. The van der Waals surface area contributed by atoms with Crippen molar-refractivity contribution in [3.05, 3.63) is 24.3 Å². The molecule has 0 aliphatic heterocycles. The van der Waals surface area contributed by atoms with Crippen LogP contribution in [0.4, 0.5) is 0 Å². The molecule has 4 aliphatic carbocycles. The number of hydrogen-bond acceptors (Lipinski definition) is 4. The SMILES string of the molecule is C=C(C(=O)[O-])C12CC3CC(CC(C3)C1)C2.C=C(CC(CC)CCCC)C(=O)[O-]. The van der Waals surface area contributed by atoms with Crippen molar-refractivity contribution in [2.24, 2.45) is 29.1 Å². The third-order valence-electron chi connectivity index (χ3n) is 7.29. The summed E-state index contributed by atoms with van der Waals surface area (Å²) in [7, 11) is 0. The summed E-state index contributed by atoms with van der Waals surface area (Å²) in [5, 5.41) is 21.4. The summed E-state index contributed by atoms with van der Waals surface area (Å²) in [6, 6.07) is 0. The van der Waals surface area contributed by atoms with Crippen LogP contribution in [-0.4, -0.2) is 11.9 Å². The van der Waals surface area contributed by atoms with Crippen LogP contribution in [-0.2, 0) is 9.59 Å². The average Bonchev–Trinajstić information content (AvgIpc) is 2.63. The summed E-state index contributed by atoms with van der Waals surface area (Å²) in [6.07, 6.45) is 12.2. The smallest absolute Gasteiger partial charge is 0.0674 e. The Bertz CT molecular complexity index is 568. The molecule has 1 atom stereocenters. The molecular weight excluding hydrogens is 352 g/mol. The zero-order valence-electron chi connectivity index (χ0n) is 17.6. The van der Waals surface area contributed by atoms with E-state index in [0.29, 0.717) is 17.9 Å². The van der Waals surface area contributed by atoms with E-state index in [0.717, 1.165) is 56.3 Å². The van der Waals surface area contributed by atoms with Gasteiger partial charge in [-0.05, 0) is 85.2 Å². The maximum Gasteiger partial charge on any atom is 0.0674 e. The molecule has 158 valence electrons. The molecular formula is C24H36O4-2. The second-order valence-corrected chi connectivity index (χ2v) is 9.48. The Kier molecular flexibility index (Phi) is 7.91. The van der Waals surface area contributed by atoms with E-state index in [9.17, 15) is 19.8 Å². The van der Waals surface area contributed by atoms with Gasteiger partial charge in [0.15, 0.2) is 0 Å². The lowest BCUT2D eigenvalue weighted by Gasteiger charge is -2.57. The van der Waals surface area contributed by atoms with Gasteiger partial charge in [0.2, 0.25) is 0 Å². The van der Waals surface area contributed by atoms with Crippen LogP contribution in [0.15, 0.2) is 24.3 Å². The molecule has 0 N–H and O–H groups in total. The van der Waals surface area contributed by atoms with Crippen LogP contribution in [0.1, 0.15) is 84.5 Å². The summed E-state index contributed by atoms with van der Waals surface area (Å²) < 4.78 is 0. The van der Waals surface area contributed by atoms with E-state index in [-0.39, 0.29) is 11.0 Å². The molecule has 0 heterocycles. The Balaban J connectivity index is 0.000000204. The van der Waals surface area contributed by atoms with Gasteiger partial charge in [0.1, 0.15) is 0 Å². The van der Waals surface area contributed by atoms with Gasteiger partial charge in [0.05, 0.1) is 11.9 Å². The number of carbonyl (C=O) groups is 2. The molecule has 0 aromatic heterocycles. The zero-order chi connectivity index (χ0) is 20.9. The fourth-order valence-corrected chi connectivity index (χ4v) is 6.07. The van der Waals surface area contributed by atoms with Crippen LogP contribution < -0.4 is 10.2 Å². The minimum atomic E-state index is -1.10. The predicted molar refractivity (Wildman–Crippen MR) is 107 cm³/mol. The molecule has 4 fully saturated rings. The molecule has 0 spiro atoms. The largest absolute Gasteiger partial charge is 0.545 e. The summed E-state index contributed by atoms with van der Waals surface area (Å²) in [5.74, 6) is 0.657. The fraction of sp³-hybridized carbons (Fsp3) is 0.750. The summed E-state index contributed by atoms with van der Waals surface area (Å²) in [5.41, 5.74) is 0.553. The molecule has 0 saturated heterocycles. The van der Waals surface area contributed by atoms with E-state index in [2.05, 4.69) is 27.0 Å². The van der Waals surface area contributed by atoms with Crippen molar-refractivity contribution in [1.82, 2.24) is 0 Å². The third-order valence-corrected chi connectivity index (χ3v) is 7.29. The Labute approximate surface area is 170 Å². The molecule has 0 amide bonds. The Hall–Kier alpha value is -1.58. The summed E-state index contributed by atoms with van der Waals surface area (Å²) in [6.45, 7) is 11.5. The highest BCUT2D eigenvalue weighted by Crippen LogP contribution is 2.62. The molecule has 4 nitrogen and oxygen atoms in total. The zero-order valence-corrected chi connectivity index (χ0v) is 17.6. The highest BCUT2D eigenvalue weighted by molar-refractivity contribution is 5.85. The van der Waals surface area contributed by atoms with E-state index >= 15 is 0 Å². The monoisotopic (exact) mass is 388 g/mol. The number of carboxylic acid groups (broad SMARTS) is 2. The number of hydrogen-bond donors (Lipinski definition) is 0. The van der Waals surface area contributed by atoms with Gasteiger partial charge in [-0.25, -0.2) is 0 Å². The Morgan fingerprint density at radius 1 is 0.964 bits per heavy atom. The molecule has 4 aliphatic rings. The number of aliphatic carboxylic acids is 2. The highest BCUT2D eigenvalue weighted by Gasteiger charge is 2.52. The van der Waals surface area contributed by atoms with E-state index in [1.807, 2.05) is 0 Å². The van der Waals surface area contributed by atoms with Crippen LogP contribution in [0.2, 0.25) is 0 Å². The van der Waals surface area contributed by atoms with E-state index in [1.165, 1.54) is 25.7 Å². The van der Waals surface area contributed by atoms with Crippen LogP contribution >= 0.6 is 0 Å². The van der Waals surface area contributed by atoms with Crippen LogP contribution in [0.5, 0.6) is 0 Å². The Morgan fingerprint density at radius 3 is 1.82 bits per heavy atom. The van der Waals surface area contributed by atoms with Crippen molar-refractivity contribution < 1.29 is 19.8 Å². The van der Waals surface area contributed by atoms with Crippen LogP contribution in [0.25, 0.3) is 0 Å². The molecule has 4 bridgehead atoms. The van der Waals surface area contributed by atoms with E-state index < -0.39 is 11.9 Å². The first-order valence-electron chi connectivity index (χ1n) is 11.0. The van der Waals surface area contributed by atoms with E-state index in [4.69, 9.17) is 0 Å². The number of rotatable bonds is 9. The lowest BCUT2D eigenvalue weighted by atomic mass is 9.48. The van der Waals surface area contributed by atoms with Crippen molar-refractivity contribution in [1.29, 1.82) is 0 Å². The molecule has 0 radical (unpaired) electrons. The molecule has 4 heteroatoms. The molecule has 28 heavy (non-hydrogen) atoms. The van der Waals surface area contributed by atoms with Gasteiger partial charge in [-0.2, -0.15) is 0 Å². The number of carbonyl (C=O) groups excluding carboxylic acids is 2. The topological polar surface area (TPSA) is 80.3 Å². The summed E-state index contributed by atoms with van der Waals surface area (Å²) in [4.78, 5) is 21.4. The standard InChI is InChI=1S/C13H18O2.C11H20O2/c1-8(12(14)15)13-5-9-2-10(6-13)4-11(3-9)7-13;1-4-6-7-10(5-2)8-9(3)11(12)13/h9-11H,1-7H2,(H,14,15);10H,3-8H2,1-2H3,(H,12,13)/p-2. The first-order valence-corrected chi connectivity index (χ1v) is 11.0. The first-order chi connectivity index (χ1) is 13.2. The minimum Gasteiger partial charge on any atom is -0.545 e. The quantitative estimate of drug-likeness (QED) is 0.567. The molecule has 0 aromatic rings. The lowest BCUT2D eigenvalue weighted by molar-refractivity contribution is -0.302. The van der Waals surface area contributed by atoms with Gasteiger partial charge in [-0.1, -0.05) is 52.7 Å². The number of carboxylic acids is 2. The molecule has 4 rings (SSSR count). The van der Waals surface area contributed by atoms with Crippen molar-refractivity contribution in [2.75, 3.05) is 0 Å². The van der Waals surface area contributed by atoms with Crippen molar-refractivity contribution in [2.45, 2.75) is 84.5 Å². The normalized spacial score (nSPS) is 30.9. The van der Waals surface area contributed by atoms with Crippen molar-refractivity contribution >= 4 is 11.9 Å². The number of unbranched alkanes of at least 4 members (excludes halogenated alkanes) is 1. The molecule has 0 aromatic carbocycles. The van der Waals surface area contributed by atoms with Gasteiger partial charge in [0.25, 0.3) is 0 Å². The van der Waals surface area contributed by atoms with Crippen molar-refractivity contribution in [3.8, 4) is 0 Å². The van der Waals surface area contributed by atoms with Gasteiger partial charge in [-0.3, -0.25) is 0 Å². The maximum absolute atomic E-state index is 11.0. The van der Waals surface area contributed by atoms with Gasteiger partial charge < -0.3 is 19.8 Å². The van der Waals surface area contributed by atoms with Gasteiger partial charge in [-0.15, -0.1) is 0 Å². The highest BCUT2D eigenvalue weighted by atomic mass is 16.4. The van der Waals surface area contributed by atoms with Gasteiger partial charge in [0, 0.05) is 0 Å². The van der Waals surface area contributed by atoms with Crippen LogP contribution in [0, 0.1) is 29.1 Å². The van der Waals surface area contributed by atoms with Crippen molar-refractivity contribution in [3.63, 3.8) is 0 Å². The summed E-state index contributed by atoms with van der Waals surface area (Å²) >= 11 is 0. The Morgan fingerprint density at radius 2 is 1.46 bits per heavy atom. The lowest BCUT2D eigenvalue weighted by Crippen LogP contribution is -2.49. The second kappa shape index (κ2) is 9.76. The first kappa shape index (κ1) is 22.7. The maximum atomic E-state index is 11.0. The van der Waals surface area contributed by atoms with Gasteiger partial charge >= 0.3 is 0 Å². The van der Waals surface area contributed by atoms with E-state index in [1.54, 1.807) is 0 Å². The average molecular weight is 389 g/mol. The molecule has 4 saturated carbocycles.